The van der Waals surface area contributed by atoms with Crippen LogP contribution < -0.4 is 5.73 Å². The Morgan fingerprint density at radius 3 is 2.25 bits per heavy atom. The van der Waals surface area contributed by atoms with E-state index in [1.807, 2.05) is 0 Å². The van der Waals surface area contributed by atoms with E-state index >= 15 is 0 Å². The van der Waals surface area contributed by atoms with Gasteiger partial charge in [-0.05, 0) is 19.1 Å². The van der Waals surface area contributed by atoms with Crippen molar-refractivity contribution in [2.24, 2.45) is 5.10 Å². The van der Waals surface area contributed by atoms with Crippen molar-refractivity contribution in [3.63, 3.8) is 0 Å². The van der Waals surface area contributed by atoms with Crippen molar-refractivity contribution in [3.8, 4) is 0 Å². The van der Waals surface area contributed by atoms with Crippen molar-refractivity contribution in [1.82, 2.24) is 9.66 Å². The molecule has 0 fully saturated rings. The maximum atomic E-state index is 13.1. The number of benzene rings is 1. The quantitative estimate of drug-likeness (QED) is 0.631. The molecule has 0 spiro atoms. The van der Waals surface area contributed by atoms with E-state index in [-0.39, 0.29) is 12.0 Å². The second kappa shape index (κ2) is 6.00. The van der Waals surface area contributed by atoms with Crippen LogP contribution in [0, 0.1) is 6.92 Å². The number of nitrogen functional groups attached to an aromatic ring is 1. The number of aromatic nitrogens is 2. The first kappa shape index (κ1) is 18.1. The van der Waals surface area contributed by atoms with Crippen LogP contribution in [0.25, 0.3) is 0 Å². The predicted octanol–water partition coefficient (Wildman–Crippen LogP) is 4.35. The fourth-order valence-electron chi connectivity index (χ4n) is 1.86. The van der Waals surface area contributed by atoms with Gasteiger partial charge in [-0.3, -0.25) is 0 Å². The molecule has 2 rings (SSSR count). The second-order valence-electron chi connectivity index (χ2n) is 4.74. The maximum absolute atomic E-state index is 13.1. The molecular weight excluding hydrogens is 362 g/mol. The molecule has 0 aliphatic heterocycles. The number of rotatable bonds is 2. The molecular formula is C13H9ClF6N4. The Morgan fingerprint density at radius 2 is 1.79 bits per heavy atom. The van der Waals surface area contributed by atoms with Gasteiger partial charge in [-0.25, -0.2) is 9.66 Å². The number of nitrogens with zero attached hydrogens (tertiary/aromatic N) is 3. The number of alkyl halides is 6. The molecule has 0 aliphatic carbocycles. The van der Waals surface area contributed by atoms with Crippen LogP contribution in [-0.2, 0) is 12.4 Å². The third kappa shape index (κ3) is 3.81. The van der Waals surface area contributed by atoms with E-state index in [2.05, 4.69) is 10.1 Å². The molecule has 0 atom stereocenters. The molecule has 0 unspecified atom stereocenters. The Bertz CT molecular complexity index is 791. The molecule has 0 bridgehead atoms. The van der Waals surface area contributed by atoms with Gasteiger partial charge < -0.3 is 5.73 Å². The van der Waals surface area contributed by atoms with E-state index in [1.165, 1.54) is 6.20 Å². The summed E-state index contributed by atoms with van der Waals surface area (Å²) in [6.07, 6.45) is -8.01. The first-order valence-corrected chi connectivity index (χ1v) is 6.61. The largest absolute Gasteiger partial charge is 0.417 e. The van der Waals surface area contributed by atoms with E-state index in [4.69, 9.17) is 17.3 Å². The lowest BCUT2D eigenvalue weighted by Gasteiger charge is -2.15. The van der Waals surface area contributed by atoms with Gasteiger partial charge in [-0.15, -0.1) is 0 Å². The van der Waals surface area contributed by atoms with E-state index < -0.39 is 34.1 Å². The Balaban J connectivity index is 2.59. The molecule has 24 heavy (non-hydrogen) atoms. The highest BCUT2D eigenvalue weighted by Crippen LogP contribution is 2.39. The fourth-order valence-corrected chi connectivity index (χ4v) is 2.13. The summed E-state index contributed by atoms with van der Waals surface area (Å²) < 4.78 is 78.3. The molecule has 0 saturated heterocycles. The summed E-state index contributed by atoms with van der Waals surface area (Å²) in [5.41, 5.74) is 2.18. The number of nitrogens with two attached hydrogens (primary N) is 1. The maximum Gasteiger partial charge on any atom is 0.417 e. The number of hydrogen-bond donors (Lipinski definition) is 1. The van der Waals surface area contributed by atoms with Crippen molar-refractivity contribution in [2.75, 3.05) is 5.73 Å². The van der Waals surface area contributed by atoms with Gasteiger partial charge in [-0.1, -0.05) is 11.6 Å². The van der Waals surface area contributed by atoms with Gasteiger partial charge in [0.1, 0.15) is 0 Å². The lowest BCUT2D eigenvalue weighted by Crippen LogP contribution is -2.14. The molecule has 4 nitrogen and oxygen atoms in total. The Kier molecular flexibility index (Phi) is 4.53. The van der Waals surface area contributed by atoms with Gasteiger partial charge in [0.05, 0.1) is 34.3 Å². The Hall–Kier alpha value is -2.23. The van der Waals surface area contributed by atoms with Crippen LogP contribution in [-0.4, -0.2) is 15.9 Å². The van der Waals surface area contributed by atoms with Gasteiger partial charge in [-0.2, -0.15) is 31.4 Å². The summed E-state index contributed by atoms with van der Waals surface area (Å²) in [7, 11) is 0. The number of halogens is 7. The second-order valence-corrected chi connectivity index (χ2v) is 5.15. The van der Waals surface area contributed by atoms with Crippen molar-refractivity contribution >= 4 is 23.8 Å². The zero-order chi connectivity index (χ0) is 18.3. The molecule has 11 heteroatoms. The highest BCUT2D eigenvalue weighted by molar-refractivity contribution is 6.33. The van der Waals surface area contributed by atoms with Crippen LogP contribution in [0.15, 0.2) is 23.4 Å². The Labute approximate surface area is 136 Å². The minimum absolute atomic E-state index is 0.0181. The average Bonchev–Trinajstić information content (AvgIpc) is 2.72. The van der Waals surface area contributed by atoms with Crippen LogP contribution in [0.2, 0.25) is 5.02 Å². The number of hydrogen-bond acceptors (Lipinski definition) is 3. The van der Waals surface area contributed by atoms with Gasteiger partial charge in [0.25, 0.3) is 0 Å². The van der Waals surface area contributed by atoms with Crippen LogP contribution in [0.5, 0.6) is 0 Å². The Morgan fingerprint density at radius 1 is 1.17 bits per heavy atom. The molecule has 0 saturated carbocycles. The molecule has 0 amide bonds. The topological polar surface area (TPSA) is 56.2 Å². The summed E-state index contributed by atoms with van der Waals surface area (Å²) in [6.45, 7) is 1.58. The minimum Gasteiger partial charge on any atom is -0.368 e. The molecule has 1 aromatic carbocycles. The predicted molar refractivity (Wildman–Crippen MR) is 75.8 cm³/mol. The van der Waals surface area contributed by atoms with Crippen molar-refractivity contribution in [3.05, 3.63) is 45.7 Å². The summed E-state index contributed by atoms with van der Waals surface area (Å²) >= 11 is 5.61. The first-order chi connectivity index (χ1) is 10.9. The summed E-state index contributed by atoms with van der Waals surface area (Å²) in [5.74, 6) is -0.0969. The molecule has 1 aromatic heterocycles. The standard InChI is InChI=1S/C13H9ClF6N4/c1-6-5-24(11(21)23-6)22-4-8-9(13(18,19)20)2-7(3-10(8)14)12(15,16)17/h2-5H,1H3,(H2,21,23). The lowest BCUT2D eigenvalue weighted by atomic mass is 10.0. The van der Waals surface area contributed by atoms with E-state index in [9.17, 15) is 26.3 Å². The van der Waals surface area contributed by atoms with Gasteiger partial charge >= 0.3 is 12.4 Å². The molecule has 130 valence electrons. The third-order valence-corrected chi connectivity index (χ3v) is 3.22. The van der Waals surface area contributed by atoms with Gasteiger partial charge in [0, 0.05) is 5.56 Å². The summed E-state index contributed by atoms with van der Waals surface area (Å²) in [6, 6.07) is 0.385. The van der Waals surface area contributed by atoms with E-state index in [0.29, 0.717) is 18.0 Å². The van der Waals surface area contributed by atoms with Crippen LogP contribution in [0.1, 0.15) is 22.4 Å². The normalized spacial score (nSPS) is 13.0. The smallest absolute Gasteiger partial charge is 0.368 e. The molecule has 1 heterocycles. The van der Waals surface area contributed by atoms with E-state index in [1.54, 1.807) is 6.92 Å². The summed E-state index contributed by atoms with van der Waals surface area (Å²) in [4.78, 5) is 3.79. The van der Waals surface area contributed by atoms with Crippen molar-refractivity contribution in [1.29, 1.82) is 0 Å². The average molecular weight is 371 g/mol. The SMILES string of the molecule is Cc1cn(N=Cc2c(Cl)cc(C(F)(F)F)cc2C(F)(F)F)c(N)n1. The van der Waals surface area contributed by atoms with E-state index in [0.717, 1.165) is 4.68 Å². The van der Waals surface area contributed by atoms with Crippen molar-refractivity contribution in [2.45, 2.75) is 19.3 Å². The number of aryl methyl sites for hydroxylation is 1. The lowest BCUT2D eigenvalue weighted by molar-refractivity contribution is -0.143. The summed E-state index contributed by atoms with van der Waals surface area (Å²) in [5, 5.41) is 2.92. The minimum atomic E-state index is -5.05. The van der Waals surface area contributed by atoms with Crippen LogP contribution in [0.3, 0.4) is 0 Å². The fraction of sp³-hybridized carbons (Fsp3) is 0.231. The van der Waals surface area contributed by atoms with Gasteiger partial charge in [0.2, 0.25) is 5.95 Å². The molecule has 0 aliphatic rings. The van der Waals surface area contributed by atoms with Crippen LogP contribution in [0.4, 0.5) is 32.3 Å². The third-order valence-electron chi connectivity index (χ3n) is 2.91. The number of anilines is 1. The van der Waals surface area contributed by atoms with Crippen molar-refractivity contribution < 1.29 is 26.3 Å². The first-order valence-electron chi connectivity index (χ1n) is 6.23. The zero-order valence-corrected chi connectivity index (χ0v) is 12.6. The molecule has 2 aromatic rings. The van der Waals surface area contributed by atoms with Gasteiger partial charge in [0.15, 0.2) is 0 Å². The van der Waals surface area contributed by atoms with Crippen LogP contribution >= 0.6 is 11.6 Å². The molecule has 2 N–H and O–H groups in total. The monoisotopic (exact) mass is 370 g/mol. The zero-order valence-electron chi connectivity index (χ0n) is 11.9. The highest BCUT2D eigenvalue weighted by atomic mass is 35.5. The number of imidazole rings is 1. The molecule has 0 radical (unpaired) electrons. The highest BCUT2D eigenvalue weighted by Gasteiger charge is 2.39.